The predicted octanol–water partition coefficient (Wildman–Crippen LogP) is 2.57. The average Bonchev–Trinajstić information content (AvgIpc) is 2.49. The van der Waals surface area contributed by atoms with Gasteiger partial charge in [-0.3, -0.25) is 9.59 Å². The summed E-state index contributed by atoms with van der Waals surface area (Å²) in [5, 5.41) is 0.376. The number of carbonyl (C=O) groups is 2. The molecule has 0 spiro atoms. The largest absolute Gasteiger partial charge is 0.342 e. The summed E-state index contributed by atoms with van der Waals surface area (Å²) in [5.74, 6) is -0.164. The Hall–Kier alpha value is -1.23. The van der Waals surface area contributed by atoms with Crippen molar-refractivity contribution in [3.05, 3.63) is 35.6 Å². The van der Waals surface area contributed by atoms with E-state index in [1.165, 1.54) is 6.07 Å². The summed E-state index contributed by atoms with van der Waals surface area (Å²) in [6.45, 7) is 1.16. The molecule has 1 saturated heterocycles. The lowest BCUT2D eigenvalue weighted by Gasteiger charge is -2.31. The van der Waals surface area contributed by atoms with E-state index in [4.69, 9.17) is 0 Å². The van der Waals surface area contributed by atoms with Gasteiger partial charge in [0.1, 0.15) is 11.6 Å². The van der Waals surface area contributed by atoms with Crippen molar-refractivity contribution >= 4 is 27.6 Å². The van der Waals surface area contributed by atoms with Gasteiger partial charge in [-0.25, -0.2) is 4.39 Å². The van der Waals surface area contributed by atoms with Crippen LogP contribution in [0.25, 0.3) is 0 Å². The normalized spacial score (nSPS) is 16.2. The Morgan fingerprint density at radius 3 is 2.50 bits per heavy atom. The Kier molecular flexibility index (Phi) is 5.29. The molecular formula is C15H17BrFNO2. The number of Topliss-reactive ketones (excluding diaryl/α,β-unsaturated/α-hetero) is 1. The minimum atomic E-state index is -0.342. The topological polar surface area (TPSA) is 37.4 Å². The summed E-state index contributed by atoms with van der Waals surface area (Å²) < 4.78 is 13.5. The lowest BCUT2D eigenvalue weighted by molar-refractivity contribution is -0.134. The first-order chi connectivity index (χ1) is 9.61. The van der Waals surface area contributed by atoms with E-state index in [9.17, 15) is 14.0 Å². The molecule has 1 aromatic rings. The van der Waals surface area contributed by atoms with Gasteiger partial charge < -0.3 is 4.90 Å². The second-order valence-corrected chi connectivity index (χ2v) is 5.58. The highest BCUT2D eigenvalue weighted by molar-refractivity contribution is 9.09. The van der Waals surface area contributed by atoms with E-state index in [1.54, 1.807) is 23.1 Å². The number of hydrogen-bond donors (Lipinski definition) is 0. The second-order valence-electron chi connectivity index (χ2n) is 5.02. The van der Waals surface area contributed by atoms with Crippen molar-refractivity contribution in [2.24, 2.45) is 5.92 Å². The third kappa shape index (κ3) is 3.66. The second kappa shape index (κ2) is 6.97. The molecule has 5 heteroatoms. The molecule has 108 valence electrons. The van der Waals surface area contributed by atoms with Gasteiger partial charge in [0, 0.05) is 19.0 Å². The first-order valence-electron chi connectivity index (χ1n) is 6.71. The number of ketones is 1. The highest BCUT2D eigenvalue weighted by Crippen LogP contribution is 2.20. The zero-order valence-corrected chi connectivity index (χ0v) is 12.7. The highest BCUT2D eigenvalue weighted by Gasteiger charge is 2.26. The molecule has 20 heavy (non-hydrogen) atoms. The van der Waals surface area contributed by atoms with Crippen LogP contribution < -0.4 is 0 Å². The molecule has 1 aliphatic heterocycles. The van der Waals surface area contributed by atoms with Crippen LogP contribution in [-0.4, -0.2) is 35.0 Å². The van der Waals surface area contributed by atoms with E-state index in [0.717, 1.165) is 0 Å². The molecule has 1 aliphatic rings. The number of amides is 1. The zero-order chi connectivity index (χ0) is 14.5. The standard InChI is InChI=1S/C15H17BrFNO2/c16-10-14(19)11-5-7-18(8-6-11)15(20)9-12-3-1-2-4-13(12)17/h1-4,11H,5-10H2. The third-order valence-electron chi connectivity index (χ3n) is 3.73. The fraction of sp³-hybridized carbons (Fsp3) is 0.467. The van der Waals surface area contributed by atoms with E-state index in [0.29, 0.717) is 36.8 Å². The molecule has 3 nitrogen and oxygen atoms in total. The van der Waals surface area contributed by atoms with Gasteiger partial charge in [-0.2, -0.15) is 0 Å². The van der Waals surface area contributed by atoms with E-state index < -0.39 is 0 Å². The quantitative estimate of drug-likeness (QED) is 0.789. The molecule has 1 fully saturated rings. The predicted molar refractivity (Wildman–Crippen MR) is 78.2 cm³/mol. The number of carbonyl (C=O) groups excluding carboxylic acids is 2. The van der Waals surface area contributed by atoms with Gasteiger partial charge in [0.25, 0.3) is 0 Å². The van der Waals surface area contributed by atoms with Crippen molar-refractivity contribution in [2.45, 2.75) is 19.3 Å². The molecule has 0 unspecified atom stereocenters. The van der Waals surface area contributed by atoms with E-state index in [1.807, 2.05) is 0 Å². The molecule has 1 heterocycles. The smallest absolute Gasteiger partial charge is 0.227 e. The van der Waals surface area contributed by atoms with Crippen molar-refractivity contribution < 1.29 is 14.0 Å². The summed E-state index contributed by atoms with van der Waals surface area (Å²) in [6, 6.07) is 6.34. The van der Waals surface area contributed by atoms with Crippen molar-refractivity contribution in [3.63, 3.8) is 0 Å². The maximum Gasteiger partial charge on any atom is 0.227 e. The third-order valence-corrected chi connectivity index (χ3v) is 4.29. The first kappa shape index (κ1) is 15.2. The van der Waals surface area contributed by atoms with Crippen LogP contribution >= 0.6 is 15.9 Å². The summed E-state index contributed by atoms with van der Waals surface area (Å²) >= 11 is 3.17. The molecule has 0 aliphatic carbocycles. The van der Waals surface area contributed by atoms with Gasteiger partial charge in [0.15, 0.2) is 0 Å². The zero-order valence-electron chi connectivity index (χ0n) is 11.1. The molecular weight excluding hydrogens is 325 g/mol. The fourth-order valence-electron chi connectivity index (χ4n) is 2.48. The number of rotatable bonds is 4. The number of likely N-dealkylation sites (tertiary alicyclic amines) is 1. The van der Waals surface area contributed by atoms with Gasteiger partial charge in [-0.1, -0.05) is 34.1 Å². The number of nitrogens with zero attached hydrogens (tertiary/aromatic N) is 1. The van der Waals surface area contributed by atoms with Crippen LogP contribution in [0.4, 0.5) is 4.39 Å². The Labute approximate surface area is 126 Å². The van der Waals surface area contributed by atoms with E-state index in [2.05, 4.69) is 15.9 Å². The van der Waals surface area contributed by atoms with Crippen LogP contribution in [0.2, 0.25) is 0 Å². The minimum absolute atomic E-state index is 0.0480. The van der Waals surface area contributed by atoms with Gasteiger partial charge in [-0.15, -0.1) is 0 Å². The Morgan fingerprint density at radius 2 is 1.90 bits per heavy atom. The number of alkyl halides is 1. The van der Waals surface area contributed by atoms with Crippen LogP contribution in [-0.2, 0) is 16.0 Å². The van der Waals surface area contributed by atoms with Crippen molar-refractivity contribution in [2.75, 3.05) is 18.4 Å². The Bertz CT molecular complexity index is 498. The summed E-state index contributed by atoms with van der Waals surface area (Å²) in [5.41, 5.74) is 0.427. The number of halogens is 2. The molecule has 2 rings (SSSR count). The van der Waals surface area contributed by atoms with Gasteiger partial charge in [0.05, 0.1) is 11.8 Å². The maximum atomic E-state index is 13.5. The fourth-order valence-corrected chi connectivity index (χ4v) is 2.93. The van der Waals surface area contributed by atoms with Crippen LogP contribution in [0.5, 0.6) is 0 Å². The summed E-state index contributed by atoms with van der Waals surface area (Å²) in [7, 11) is 0. The van der Waals surface area contributed by atoms with Crippen molar-refractivity contribution in [1.82, 2.24) is 4.90 Å². The lowest BCUT2D eigenvalue weighted by atomic mass is 9.93. The molecule has 0 bridgehead atoms. The lowest BCUT2D eigenvalue weighted by Crippen LogP contribution is -2.41. The molecule has 1 aromatic carbocycles. The summed E-state index contributed by atoms with van der Waals surface area (Å²) in [4.78, 5) is 25.4. The monoisotopic (exact) mass is 341 g/mol. The van der Waals surface area contributed by atoms with Crippen LogP contribution in [0.3, 0.4) is 0 Å². The molecule has 0 aromatic heterocycles. The molecule has 1 amide bonds. The number of benzene rings is 1. The highest BCUT2D eigenvalue weighted by atomic mass is 79.9. The number of hydrogen-bond acceptors (Lipinski definition) is 2. The van der Waals surface area contributed by atoms with Crippen molar-refractivity contribution in [1.29, 1.82) is 0 Å². The molecule has 0 atom stereocenters. The molecule has 0 radical (unpaired) electrons. The van der Waals surface area contributed by atoms with Gasteiger partial charge in [-0.05, 0) is 24.5 Å². The Morgan fingerprint density at radius 1 is 1.25 bits per heavy atom. The maximum absolute atomic E-state index is 13.5. The van der Waals surface area contributed by atoms with Crippen LogP contribution in [0, 0.1) is 11.7 Å². The molecule has 0 saturated carbocycles. The average molecular weight is 342 g/mol. The SMILES string of the molecule is O=C(CBr)C1CCN(C(=O)Cc2ccccc2F)CC1. The van der Waals surface area contributed by atoms with Gasteiger partial charge >= 0.3 is 0 Å². The van der Waals surface area contributed by atoms with Gasteiger partial charge in [0.2, 0.25) is 5.91 Å². The summed E-state index contributed by atoms with van der Waals surface area (Å²) in [6.07, 6.45) is 1.49. The van der Waals surface area contributed by atoms with E-state index in [-0.39, 0.29) is 29.8 Å². The number of piperidine rings is 1. The first-order valence-corrected chi connectivity index (χ1v) is 7.84. The molecule has 0 N–H and O–H groups in total. The van der Waals surface area contributed by atoms with Crippen LogP contribution in [0.15, 0.2) is 24.3 Å². The van der Waals surface area contributed by atoms with E-state index >= 15 is 0 Å². The minimum Gasteiger partial charge on any atom is -0.342 e. The van der Waals surface area contributed by atoms with Crippen LogP contribution in [0.1, 0.15) is 18.4 Å². The Balaban J connectivity index is 1.89. The van der Waals surface area contributed by atoms with Crippen molar-refractivity contribution in [3.8, 4) is 0 Å².